The molecule has 2 aliphatic rings. The molecule has 2 N–H and O–H groups in total. The molecule has 2 saturated heterocycles. The fourth-order valence-electron chi connectivity index (χ4n) is 3.56. The lowest BCUT2D eigenvalue weighted by Gasteiger charge is -2.26. The highest BCUT2D eigenvalue weighted by molar-refractivity contribution is 14.0. The van der Waals surface area contributed by atoms with Crippen molar-refractivity contribution in [2.45, 2.75) is 63.7 Å². The molecule has 25 heavy (non-hydrogen) atoms. The third-order valence-corrected chi connectivity index (χ3v) is 5.25. The molecule has 0 spiro atoms. The van der Waals surface area contributed by atoms with E-state index in [0.717, 1.165) is 30.4 Å². The number of hydrogen-bond acceptors (Lipinski definition) is 2. The summed E-state index contributed by atoms with van der Waals surface area (Å²) >= 11 is 6.14. The average molecular weight is 478 g/mol. The molecule has 3 atom stereocenters. The normalized spacial score (nSPS) is 25.6. The maximum absolute atomic E-state index is 6.14. The summed E-state index contributed by atoms with van der Waals surface area (Å²) in [5.74, 6) is 0.883. The van der Waals surface area contributed by atoms with Gasteiger partial charge in [-0.1, -0.05) is 37.6 Å². The number of fused-ring (bicyclic) bond motifs is 2. The van der Waals surface area contributed by atoms with Crippen molar-refractivity contribution in [3.05, 3.63) is 34.9 Å². The number of ether oxygens (including phenoxy) is 1. The van der Waals surface area contributed by atoms with Crippen LogP contribution in [0.2, 0.25) is 5.02 Å². The molecule has 1 aromatic carbocycles. The Kier molecular flexibility index (Phi) is 7.40. The second kappa shape index (κ2) is 8.91. The van der Waals surface area contributed by atoms with Crippen LogP contribution in [-0.4, -0.2) is 37.3 Å². The van der Waals surface area contributed by atoms with Gasteiger partial charge in [0.15, 0.2) is 5.96 Å². The van der Waals surface area contributed by atoms with Gasteiger partial charge in [-0.25, -0.2) is 0 Å². The van der Waals surface area contributed by atoms with E-state index in [1.807, 2.05) is 18.2 Å². The predicted octanol–water partition coefficient (Wildman–Crippen LogP) is 4.11. The van der Waals surface area contributed by atoms with Crippen molar-refractivity contribution in [2.24, 2.45) is 4.99 Å². The molecule has 2 fully saturated rings. The Morgan fingerprint density at radius 2 is 2.16 bits per heavy atom. The summed E-state index contributed by atoms with van der Waals surface area (Å²) in [6, 6.07) is 8.44. The van der Waals surface area contributed by atoms with Gasteiger partial charge in [-0.2, -0.15) is 0 Å². The lowest BCUT2D eigenvalue weighted by molar-refractivity contribution is 0.0992. The molecule has 4 nitrogen and oxygen atoms in total. The third kappa shape index (κ3) is 5.23. The standard InChI is InChI=1S/C19H28ClN3O.HI/c1-4-21-18(23-16-11-15-8-9-17(16)24-15)22-12-19(2,3)13-6-5-7-14(20)10-13;/h5-7,10,15-17H,4,8-9,11-12H2,1-3H3,(H2,21,22,23);1H. The molecule has 0 radical (unpaired) electrons. The summed E-state index contributed by atoms with van der Waals surface area (Å²) in [5.41, 5.74) is 1.14. The smallest absolute Gasteiger partial charge is 0.191 e. The number of nitrogens with one attached hydrogen (secondary N) is 2. The van der Waals surface area contributed by atoms with Gasteiger partial charge in [0.25, 0.3) is 0 Å². The van der Waals surface area contributed by atoms with Crippen LogP contribution in [0.1, 0.15) is 45.6 Å². The van der Waals surface area contributed by atoms with Gasteiger partial charge >= 0.3 is 0 Å². The Labute approximate surface area is 173 Å². The van der Waals surface area contributed by atoms with Gasteiger partial charge in [-0.15, -0.1) is 24.0 Å². The highest BCUT2D eigenvalue weighted by atomic mass is 127. The van der Waals surface area contributed by atoms with Crippen molar-refractivity contribution >= 4 is 41.5 Å². The first kappa shape index (κ1) is 20.8. The fourth-order valence-corrected chi connectivity index (χ4v) is 3.75. The number of hydrogen-bond donors (Lipinski definition) is 2. The lowest BCUT2D eigenvalue weighted by atomic mass is 9.85. The molecule has 0 amide bonds. The van der Waals surface area contributed by atoms with E-state index in [1.54, 1.807) is 0 Å². The molecule has 140 valence electrons. The SMILES string of the molecule is CCNC(=NCC(C)(C)c1cccc(Cl)c1)NC1CC2CCC1O2.I. The summed E-state index contributed by atoms with van der Waals surface area (Å²) < 4.78 is 5.93. The second-order valence-electron chi connectivity index (χ2n) is 7.45. The van der Waals surface area contributed by atoms with Gasteiger partial charge in [0, 0.05) is 17.0 Å². The molecule has 0 aromatic heterocycles. The van der Waals surface area contributed by atoms with E-state index in [4.69, 9.17) is 21.3 Å². The van der Waals surface area contributed by atoms with Crippen LogP contribution >= 0.6 is 35.6 Å². The van der Waals surface area contributed by atoms with E-state index < -0.39 is 0 Å². The van der Waals surface area contributed by atoms with Crippen molar-refractivity contribution in [2.75, 3.05) is 13.1 Å². The molecule has 2 aliphatic heterocycles. The molecule has 0 saturated carbocycles. The molecule has 2 heterocycles. The maximum atomic E-state index is 6.14. The molecule has 3 rings (SSSR count). The minimum atomic E-state index is -0.0710. The van der Waals surface area contributed by atoms with Crippen molar-refractivity contribution in [3.63, 3.8) is 0 Å². The number of aliphatic imine (C=N–C) groups is 1. The Bertz CT molecular complexity index is 608. The highest BCUT2D eigenvalue weighted by Gasteiger charge is 2.41. The zero-order valence-electron chi connectivity index (χ0n) is 15.2. The van der Waals surface area contributed by atoms with Crippen LogP contribution in [0.25, 0.3) is 0 Å². The van der Waals surface area contributed by atoms with Crippen molar-refractivity contribution in [3.8, 4) is 0 Å². The summed E-state index contributed by atoms with van der Waals surface area (Å²) in [7, 11) is 0. The lowest BCUT2D eigenvalue weighted by Crippen LogP contribution is -2.47. The topological polar surface area (TPSA) is 45.7 Å². The molecular weight excluding hydrogens is 449 g/mol. The second-order valence-corrected chi connectivity index (χ2v) is 7.89. The minimum Gasteiger partial charge on any atom is -0.373 e. The van der Waals surface area contributed by atoms with Crippen molar-refractivity contribution in [1.29, 1.82) is 0 Å². The number of guanidine groups is 1. The molecule has 1 aromatic rings. The monoisotopic (exact) mass is 477 g/mol. The third-order valence-electron chi connectivity index (χ3n) is 5.01. The van der Waals surface area contributed by atoms with E-state index in [-0.39, 0.29) is 29.4 Å². The first-order valence-corrected chi connectivity index (χ1v) is 9.32. The van der Waals surface area contributed by atoms with E-state index >= 15 is 0 Å². The number of rotatable bonds is 5. The molecule has 2 bridgehead atoms. The van der Waals surface area contributed by atoms with Crippen LogP contribution in [0.3, 0.4) is 0 Å². The first-order valence-electron chi connectivity index (χ1n) is 8.94. The zero-order chi connectivity index (χ0) is 17.2. The number of halogens is 2. The van der Waals surface area contributed by atoms with Gasteiger partial charge in [-0.05, 0) is 43.9 Å². The predicted molar refractivity (Wildman–Crippen MR) is 115 cm³/mol. The molecule has 3 unspecified atom stereocenters. The Morgan fingerprint density at radius 1 is 1.36 bits per heavy atom. The van der Waals surface area contributed by atoms with Gasteiger partial charge in [-0.3, -0.25) is 4.99 Å². The van der Waals surface area contributed by atoms with Gasteiger partial charge in [0.05, 0.1) is 24.8 Å². The zero-order valence-corrected chi connectivity index (χ0v) is 18.3. The number of benzene rings is 1. The minimum absolute atomic E-state index is 0. The average Bonchev–Trinajstić information content (AvgIpc) is 3.16. The molecule has 6 heteroatoms. The fraction of sp³-hybridized carbons (Fsp3) is 0.632. The summed E-state index contributed by atoms with van der Waals surface area (Å²) in [6.07, 6.45) is 4.25. The summed E-state index contributed by atoms with van der Waals surface area (Å²) in [6.45, 7) is 8.05. The van der Waals surface area contributed by atoms with Crippen LogP contribution in [-0.2, 0) is 10.2 Å². The van der Waals surface area contributed by atoms with E-state index in [0.29, 0.717) is 24.8 Å². The maximum Gasteiger partial charge on any atom is 0.191 e. The summed E-state index contributed by atoms with van der Waals surface area (Å²) in [5, 5.41) is 7.71. The van der Waals surface area contributed by atoms with E-state index in [9.17, 15) is 0 Å². The summed E-state index contributed by atoms with van der Waals surface area (Å²) in [4.78, 5) is 4.83. The van der Waals surface area contributed by atoms with Crippen LogP contribution in [0.4, 0.5) is 0 Å². The largest absolute Gasteiger partial charge is 0.373 e. The Hall–Kier alpha value is -0.530. The van der Waals surface area contributed by atoms with Crippen molar-refractivity contribution in [1.82, 2.24) is 10.6 Å². The highest BCUT2D eigenvalue weighted by Crippen LogP contribution is 2.34. The van der Waals surface area contributed by atoms with Crippen LogP contribution in [0, 0.1) is 0 Å². The van der Waals surface area contributed by atoms with Gasteiger partial charge < -0.3 is 15.4 Å². The molecular formula is C19H29ClIN3O. The van der Waals surface area contributed by atoms with Crippen LogP contribution in [0.15, 0.2) is 29.3 Å². The van der Waals surface area contributed by atoms with Crippen molar-refractivity contribution < 1.29 is 4.74 Å². The quantitative estimate of drug-likeness (QED) is 0.381. The molecule has 0 aliphatic carbocycles. The Balaban J connectivity index is 0.00000225. The van der Waals surface area contributed by atoms with Crippen LogP contribution < -0.4 is 10.6 Å². The van der Waals surface area contributed by atoms with Gasteiger partial charge in [0.2, 0.25) is 0 Å². The van der Waals surface area contributed by atoms with E-state index in [2.05, 4.69) is 37.5 Å². The van der Waals surface area contributed by atoms with Crippen LogP contribution in [0.5, 0.6) is 0 Å². The number of nitrogens with zero attached hydrogens (tertiary/aromatic N) is 1. The Morgan fingerprint density at radius 3 is 2.76 bits per heavy atom. The first-order chi connectivity index (χ1) is 11.5. The van der Waals surface area contributed by atoms with Gasteiger partial charge in [0.1, 0.15) is 0 Å². The van der Waals surface area contributed by atoms with E-state index in [1.165, 1.54) is 12.0 Å².